The standard InChI is InChI=1S/C9H15Cl2N2/c1-12(2)8(10)7-5-4-6-13(3)9(7)11/h4-6H2,1-3H3/q+1. The molecule has 0 bridgehead atoms. The number of nitrogens with zero attached hydrogens (tertiary/aromatic N) is 2. The lowest BCUT2D eigenvalue weighted by Gasteiger charge is -2.17. The molecule has 0 saturated carbocycles. The zero-order valence-electron chi connectivity index (χ0n) is 8.27. The molecule has 2 nitrogen and oxygen atoms in total. The summed E-state index contributed by atoms with van der Waals surface area (Å²) in [4.78, 5) is 1.89. The van der Waals surface area contributed by atoms with Gasteiger partial charge in [0.15, 0.2) is 0 Å². The van der Waals surface area contributed by atoms with E-state index < -0.39 is 0 Å². The van der Waals surface area contributed by atoms with E-state index >= 15 is 0 Å². The summed E-state index contributed by atoms with van der Waals surface area (Å²) in [5.41, 5.74) is 1.06. The monoisotopic (exact) mass is 221 g/mol. The number of halogens is 2. The van der Waals surface area contributed by atoms with E-state index in [1.54, 1.807) is 0 Å². The highest BCUT2D eigenvalue weighted by Gasteiger charge is 2.23. The Morgan fingerprint density at radius 2 is 2.08 bits per heavy atom. The lowest BCUT2D eigenvalue weighted by Crippen LogP contribution is -2.24. The van der Waals surface area contributed by atoms with E-state index in [-0.39, 0.29) is 0 Å². The molecule has 0 unspecified atom stereocenters. The second kappa shape index (κ2) is 4.34. The van der Waals surface area contributed by atoms with Crippen LogP contribution in [0.4, 0.5) is 0 Å². The molecule has 4 heteroatoms. The van der Waals surface area contributed by atoms with Gasteiger partial charge in [-0.05, 0) is 18.0 Å². The van der Waals surface area contributed by atoms with Crippen molar-refractivity contribution in [2.75, 3.05) is 27.7 Å². The Labute approximate surface area is 89.4 Å². The van der Waals surface area contributed by atoms with E-state index in [0.29, 0.717) is 0 Å². The van der Waals surface area contributed by atoms with Gasteiger partial charge in [0.2, 0.25) is 0 Å². The molecule has 0 N–H and O–H groups in total. The highest BCUT2D eigenvalue weighted by molar-refractivity contribution is 6.68. The van der Waals surface area contributed by atoms with Crippen LogP contribution in [0.15, 0.2) is 10.7 Å². The number of hydrogen-bond donors (Lipinski definition) is 0. The lowest BCUT2D eigenvalue weighted by atomic mass is 10.1. The van der Waals surface area contributed by atoms with E-state index in [1.807, 2.05) is 30.6 Å². The fourth-order valence-corrected chi connectivity index (χ4v) is 1.88. The second-order valence-electron chi connectivity index (χ2n) is 3.48. The average Bonchev–Trinajstić information content (AvgIpc) is 2.08. The molecule has 0 amide bonds. The molecule has 0 atom stereocenters. The van der Waals surface area contributed by atoms with Gasteiger partial charge in [0, 0.05) is 20.5 Å². The van der Waals surface area contributed by atoms with Gasteiger partial charge in [0.05, 0.1) is 5.57 Å². The summed E-state index contributed by atoms with van der Waals surface area (Å²) in [7, 11) is 5.84. The van der Waals surface area contributed by atoms with E-state index in [1.165, 1.54) is 0 Å². The average molecular weight is 222 g/mol. The summed E-state index contributed by atoms with van der Waals surface area (Å²) in [5.74, 6) is 0. The highest BCUT2D eigenvalue weighted by Crippen LogP contribution is 2.23. The summed E-state index contributed by atoms with van der Waals surface area (Å²) in [6.45, 7) is 1.01. The minimum Gasteiger partial charge on any atom is -0.368 e. The van der Waals surface area contributed by atoms with Crippen molar-refractivity contribution in [1.82, 2.24) is 4.90 Å². The molecule has 0 aromatic heterocycles. The molecule has 74 valence electrons. The Morgan fingerprint density at radius 1 is 1.46 bits per heavy atom. The van der Waals surface area contributed by atoms with Gasteiger partial charge in [0.25, 0.3) is 5.17 Å². The predicted octanol–water partition coefficient (Wildman–Crippen LogP) is 2.07. The first-order valence-electron chi connectivity index (χ1n) is 4.34. The Bertz CT molecular complexity index is 267. The molecule has 0 aliphatic carbocycles. The van der Waals surface area contributed by atoms with Gasteiger partial charge in [-0.15, -0.1) is 0 Å². The highest BCUT2D eigenvalue weighted by atomic mass is 35.5. The van der Waals surface area contributed by atoms with Gasteiger partial charge in [-0.3, -0.25) is 0 Å². The van der Waals surface area contributed by atoms with E-state index in [9.17, 15) is 0 Å². The van der Waals surface area contributed by atoms with Crippen LogP contribution in [-0.4, -0.2) is 42.3 Å². The maximum atomic E-state index is 6.15. The van der Waals surface area contributed by atoms with Crippen LogP contribution < -0.4 is 0 Å². The van der Waals surface area contributed by atoms with E-state index in [0.717, 1.165) is 35.3 Å². The second-order valence-corrected chi connectivity index (χ2v) is 4.20. The molecule has 0 aromatic carbocycles. The maximum absolute atomic E-state index is 6.15. The van der Waals surface area contributed by atoms with E-state index in [2.05, 4.69) is 0 Å². The molecule has 0 aromatic rings. The van der Waals surface area contributed by atoms with Crippen molar-refractivity contribution >= 4 is 28.4 Å². The number of hydrogen-bond acceptors (Lipinski definition) is 1. The van der Waals surface area contributed by atoms with Crippen molar-refractivity contribution in [3.8, 4) is 0 Å². The predicted molar refractivity (Wildman–Crippen MR) is 57.7 cm³/mol. The SMILES string of the molecule is CN(C)/C(Cl)=C1\CCC[N+](C)=C1Cl. The van der Waals surface area contributed by atoms with Crippen LogP contribution in [0.25, 0.3) is 0 Å². The fourth-order valence-electron chi connectivity index (χ4n) is 1.38. The number of allylic oxidation sites excluding steroid dienone is 1. The van der Waals surface area contributed by atoms with Crippen molar-refractivity contribution in [2.24, 2.45) is 0 Å². The minimum absolute atomic E-state index is 0.747. The minimum atomic E-state index is 0.747. The first kappa shape index (κ1) is 10.9. The van der Waals surface area contributed by atoms with Crippen LogP contribution >= 0.6 is 23.2 Å². The largest absolute Gasteiger partial charge is 0.368 e. The summed E-state index contributed by atoms with van der Waals surface area (Å²) in [6, 6.07) is 0. The normalized spacial score (nSPS) is 21.9. The molecular formula is C9H15Cl2N2+. The Kier molecular flexibility index (Phi) is 3.63. The molecule has 1 rings (SSSR count). The Balaban J connectivity index is 3.05. The van der Waals surface area contributed by atoms with Crippen molar-refractivity contribution in [3.05, 3.63) is 10.7 Å². The van der Waals surface area contributed by atoms with E-state index in [4.69, 9.17) is 23.2 Å². The Morgan fingerprint density at radius 3 is 2.62 bits per heavy atom. The fraction of sp³-hybridized carbons (Fsp3) is 0.667. The van der Waals surface area contributed by atoms with Gasteiger partial charge in [-0.1, -0.05) is 11.6 Å². The molecule has 1 aliphatic heterocycles. The molecule has 1 heterocycles. The summed E-state index contributed by atoms with van der Waals surface area (Å²) < 4.78 is 2.03. The van der Waals surface area contributed by atoms with Crippen molar-refractivity contribution in [3.63, 3.8) is 0 Å². The zero-order valence-corrected chi connectivity index (χ0v) is 9.78. The Hall–Kier alpha value is -0.210. The molecule has 0 saturated heterocycles. The van der Waals surface area contributed by atoms with Gasteiger partial charge in [-0.25, -0.2) is 4.58 Å². The van der Waals surface area contributed by atoms with Crippen molar-refractivity contribution in [1.29, 1.82) is 0 Å². The molecule has 0 fully saturated rings. The van der Waals surface area contributed by atoms with Gasteiger partial charge in [0.1, 0.15) is 18.7 Å². The van der Waals surface area contributed by atoms with Crippen LogP contribution in [0.5, 0.6) is 0 Å². The maximum Gasteiger partial charge on any atom is 0.275 e. The van der Waals surface area contributed by atoms with Crippen molar-refractivity contribution in [2.45, 2.75) is 12.8 Å². The smallest absolute Gasteiger partial charge is 0.275 e. The topological polar surface area (TPSA) is 6.25 Å². The molecule has 0 radical (unpaired) electrons. The third kappa shape index (κ3) is 2.38. The van der Waals surface area contributed by atoms with Gasteiger partial charge >= 0.3 is 0 Å². The van der Waals surface area contributed by atoms with Crippen LogP contribution in [0.3, 0.4) is 0 Å². The third-order valence-corrected chi connectivity index (χ3v) is 3.23. The van der Waals surface area contributed by atoms with Gasteiger partial charge < -0.3 is 4.90 Å². The summed E-state index contributed by atoms with van der Waals surface area (Å²) >= 11 is 12.3. The third-order valence-electron chi connectivity index (χ3n) is 2.15. The number of rotatable bonds is 1. The van der Waals surface area contributed by atoms with Crippen LogP contribution in [0.2, 0.25) is 0 Å². The first-order chi connectivity index (χ1) is 6.04. The lowest BCUT2D eigenvalue weighted by molar-refractivity contribution is -0.497. The quantitative estimate of drug-likeness (QED) is 0.486. The zero-order chi connectivity index (χ0) is 10.0. The first-order valence-corrected chi connectivity index (χ1v) is 5.09. The van der Waals surface area contributed by atoms with Crippen molar-refractivity contribution < 1.29 is 4.58 Å². The summed E-state index contributed by atoms with van der Waals surface area (Å²) in [6.07, 6.45) is 2.09. The molecule has 1 aliphatic rings. The molecule has 13 heavy (non-hydrogen) atoms. The van der Waals surface area contributed by atoms with Crippen LogP contribution in [0, 0.1) is 0 Å². The van der Waals surface area contributed by atoms with Crippen LogP contribution in [0.1, 0.15) is 12.8 Å². The summed E-state index contributed by atoms with van der Waals surface area (Å²) in [5, 5.41) is 1.53. The van der Waals surface area contributed by atoms with Crippen LogP contribution in [-0.2, 0) is 0 Å². The van der Waals surface area contributed by atoms with Gasteiger partial charge in [-0.2, -0.15) is 0 Å². The molecule has 0 spiro atoms. The molecular weight excluding hydrogens is 207 g/mol.